The molecule has 22 heavy (non-hydrogen) atoms. The number of nitrogens with zero attached hydrogens (tertiary/aromatic N) is 1. The Morgan fingerprint density at radius 3 is 2.45 bits per heavy atom. The van der Waals surface area contributed by atoms with E-state index in [9.17, 15) is 4.39 Å². The van der Waals surface area contributed by atoms with Crippen molar-refractivity contribution in [2.45, 2.75) is 19.9 Å². The molecule has 0 atom stereocenters. The second-order valence-corrected chi connectivity index (χ2v) is 5.11. The minimum absolute atomic E-state index is 0.330. The number of para-hydroxylation sites is 1. The Morgan fingerprint density at radius 2 is 1.77 bits per heavy atom. The second kappa shape index (κ2) is 8.82. The predicted octanol–water partition coefficient (Wildman–Crippen LogP) is 3.91. The third kappa shape index (κ3) is 5.56. The molecule has 0 saturated heterocycles. The fourth-order valence-electron chi connectivity index (χ4n) is 1.94. The molecule has 2 aromatic carbocycles. The van der Waals surface area contributed by atoms with Gasteiger partial charge in [-0.05, 0) is 31.0 Å². The molecule has 0 aliphatic heterocycles. The topological polar surface area (TPSA) is 36.4 Å². The molecule has 0 aliphatic rings. The first-order valence-electron chi connectivity index (χ1n) is 7.50. The van der Waals surface area contributed by atoms with Gasteiger partial charge in [0.15, 0.2) is 5.96 Å². The highest BCUT2D eigenvalue weighted by molar-refractivity contribution is 5.93. The van der Waals surface area contributed by atoms with E-state index < -0.39 is 0 Å². The third-order valence-corrected chi connectivity index (χ3v) is 3.18. The lowest BCUT2D eigenvalue weighted by molar-refractivity contribution is 0.471. The molecule has 2 rings (SSSR count). The van der Waals surface area contributed by atoms with E-state index in [1.165, 1.54) is 5.56 Å². The highest BCUT2D eigenvalue weighted by Crippen LogP contribution is 2.07. The molecule has 3 nitrogen and oxygen atoms in total. The van der Waals surface area contributed by atoms with Crippen LogP contribution in [-0.4, -0.2) is 19.2 Å². The number of anilines is 1. The molecule has 0 amide bonds. The standard InChI is InChI=1S/C18H22FN3/c1-15-8-10-16(11-9-15)14-21-18(20-13-5-12-19)22-17-6-3-2-4-7-17/h2-4,6-11H,5,12-14H2,1H3,(H2,20,21,22). The first-order valence-corrected chi connectivity index (χ1v) is 7.50. The fraction of sp³-hybridized carbons (Fsp3) is 0.278. The SMILES string of the molecule is Cc1ccc(CN=C(NCCCF)Nc2ccccc2)cc1. The second-order valence-electron chi connectivity index (χ2n) is 5.11. The minimum atomic E-state index is -0.330. The lowest BCUT2D eigenvalue weighted by atomic mass is 10.1. The van der Waals surface area contributed by atoms with Gasteiger partial charge in [-0.15, -0.1) is 0 Å². The summed E-state index contributed by atoms with van der Waals surface area (Å²) in [5.41, 5.74) is 3.33. The van der Waals surface area contributed by atoms with E-state index in [0.29, 0.717) is 25.5 Å². The van der Waals surface area contributed by atoms with E-state index in [0.717, 1.165) is 11.3 Å². The average molecular weight is 299 g/mol. The van der Waals surface area contributed by atoms with Crippen molar-refractivity contribution in [1.29, 1.82) is 0 Å². The van der Waals surface area contributed by atoms with Gasteiger partial charge in [-0.3, -0.25) is 4.39 Å². The quantitative estimate of drug-likeness (QED) is 0.482. The van der Waals surface area contributed by atoms with E-state index >= 15 is 0 Å². The summed E-state index contributed by atoms with van der Waals surface area (Å²) in [6, 6.07) is 18.1. The number of hydrogen-bond acceptors (Lipinski definition) is 1. The summed E-state index contributed by atoms with van der Waals surface area (Å²) >= 11 is 0. The summed E-state index contributed by atoms with van der Waals surface area (Å²) in [7, 11) is 0. The molecule has 0 bridgehead atoms. The van der Waals surface area contributed by atoms with Crippen LogP contribution in [0.5, 0.6) is 0 Å². The van der Waals surface area contributed by atoms with Crippen molar-refractivity contribution in [3.8, 4) is 0 Å². The van der Waals surface area contributed by atoms with E-state index in [2.05, 4.69) is 46.8 Å². The number of benzene rings is 2. The zero-order valence-electron chi connectivity index (χ0n) is 12.8. The molecule has 116 valence electrons. The molecule has 0 saturated carbocycles. The molecule has 0 radical (unpaired) electrons. The highest BCUT2D eigenvalue weighted by Gasteiger charge is 2.00. The van der Waals surface area contributed by atoms with Gasteiger partial charge >= 0.3 is 0 Å². The minimum Gasteiger partial charge on any atom is -0.356 e. The van der Waals surface area contributed by atoms with Crippen LogP contribution in [0, 0.1) is 6.92 Å². The number of nitrogens with one attached hydrogen (secondary N) is 2. The largest absolute Gasteiger partial charge is 0.356 e. The zero-order chi connectivity index (χ0) is 15.6. The molecular formula is C18H22FN3. The maximum absolute atomic E-state index is 12.3. The van der Waals surface area contributed by atoms with Gasteiger partial charge in [0.1, 0.15) is 0 Å². The van der Waals surface area contributed by atoms with E-state index in [1.54, 1.807) is 0 Å². The lowest BCUT2D eigenvalue weighted by Crippen LogP contribution is -2.31. The summed E-state index contributed by atoms with van der Waals surface area (Å²) < 4.78 is 12.3. The molecule has 0 aromatic heterocycles. The summed E-state index contributed by atoms with van der Waals surface area (Å²) in [5.74, 6) is 0.667. The van der Waals surface area contributed by atoms with Crippen LogP contribution in [0.15, 0.2) is 59.6 Å². The number of aryl methyl sites for hydroxylation is 1. The maximum Gasteiger partial charge on any atom is 0.196 e. The molecule has 0 heterocycles. The van der Waals surface area contributed by atoms with Crippen molar-refractivity contribution in [1.82, 2.24) is 5.32 Å². The van der Waals surface area contributed by atoms with Gasteiger partial charge in [0, 0.05) is 12.2 Å². The van der Waals surface area contributed by atoms with Crippen molar-refractivity contribution >= 4 is 11.6 Å². The van der Waals surface area contributed by atoms with Gasteiger partial charge in [-0.2, -0.15) is 0 Å². The normalized spacial score (nSPS) is 11.3. The van der Waals surface area contributed by atoms with Crippen molar-refractivity contribution in [2.24, 2.45) is 4.99 Å². The monoisotopic (exact) mass is 299 g/mol. The molecule has 2 N–H and O–H groups in total. The Hall–Kier alpha value is -2.36. The van der Waals surface area contributed by atoms with Crippen molar-refractivity contribution in [3.05, 3.63) is 65.7 Å². The summed E-state index contributed by atoms with van der Waals surface area (Å²) in [6.07, 6.45) is 0.472. The highest BCUT2D eigenvalue weighted by atomic mass is 19.1. The molecule has 4 heteroatoms. The molecule has 0 spiro atoms. The van der Waals surface area contributed by atoms with E-state index in [4.69, 9.17) is 0 Å². The van der Waals surface area contributed by atoms with Gasteiger partial charge in [-0.25, -0.2) is 4.99 Å². The van der Waals surface area contributed by atoms with Crippen LogP contribution in [0.25, 0.3) is 0 Å². The molecule has 0 aliphatic carbocycles. The molecular weight excluding hydrogens is 277 g/mol. The van der Waals surface area contributed by atoms with Crippen molar-refractivity contribution in [3.63, 3.8) is 0 Å². The van der Waals surface area contributed by atoms with Crippen LogP contribution < -0.4 is 10.6 Å². The summed E-state index contributed by atoms with van der Waals surface area (Å²) in [6.45, 7) is 2.87. The average Bonchev–Trinajstić information content (AvgIpc) is 2.55. The Kier molecular flexibility index (Phi) is 6.42. The Balaban J connectivity index is 2.02. The maximum atomic E-state index is 12.3. The Labute approximate surface area is 131 Å². The van der Waals surface area contributed by atoms with E-state index in [1.807, 2.05) is 30.3 Å². The van der Waals surface area contributed by atoms with Crippen LogP contribution in [0.3, 0.4) is 0 Å². The van der Waals surface area contributed by atoms with E-state index in [-0.39, 0.29) is 6.67 Å². The Bertz CT molecular complexity index is 579. The number of rotatable bonds is 6. The number of aliphatic imine (C=N–C) groups is 1. The van der Waals surface area contributed by atoms with Crippen LogP contribution >= 0.6 is 0 Å². The van der Waals surface area contributed by atoms with Gasteiger partial charge in [-0.1, -0.05) is 48.0 Å². The van der Waals surface area contributed by atoms with Gasteiger partial charge in [0.25, 0.3) is 0 Å². The van der Waals surface area contributed by atoms with Gasteiger partial charge in [0.05, 0.1) is 13.2 Å². The van der Waals surface area contributed by atoms with Gasteiger partial charge < -0.3 is 10.6 Å². The predicted molar refractivity (Wildman–Crippen MR) is 91.0 cm³/mol. The Morgan fingerprint density at radius 1 is 1.05 bits per heavy atom. The summed E-state index contributed by atoms with van der Waals surface area (Å²) in [5, 5.41) is 6.39. The zero-order valence-corrected chi connectivity index (χ0v) is 12.8. The van der Waals surface area contributed by atoms with Crippen LogP contribution in [0.1, 0.15) is 17.5 Å². The van der Waals surface area contributed by atoms with Crippen LogP contribution in [0.2, 0.25) is 0 Å². The third-order valence-electron chi connectivity index (χ3n) is 3.18. The van der Waals surface area contributed by atoms with Crippen molar-refractivity contribution in [2.75, 3.05) is 18.5 Å². The summed E-state index contributed by atoms with van der Waals surface area (Å²) in [4.78, 5) is 4.56. The van der Waals surface area contributed by atoms with Crippen LogP contribution in [0.4, 0.5) is 10.1 Å². The first kappa shape index (κ1) is 16.0. The lowest BCUT2D eigenvalue weighted by Gasteiger charge is -2.12. The number of hydrogen-bond donors (Lipinski definition) is 2. The first-order chi connectivity index (χ1) is 10.8. The number of alkyl halides is 1. The smallest absolute Gasteiger partial charge is 0.196 e. The fourth-order valence-corrected chi connectivity index (χ4v) is 1.94. The van der Waals surface area contributed by atoms with Crippen molar-refractivity contribution < 1.29 is 4.39 Å². The number of guanidine groups is 1. The molecule has 0 unspecified atom stereocenters. The number of halogens is 1. The molecule has 2 aromatic rings. The molecule has 0 fully saturated rings. The van der Waals surface area contributed by atoms with Crippen LogP contribution in [-0.2, 0) is 6.54 Å². The van der Waals surface area contributed by atoms with Gasteiger partial charge in [0.2, 0.25) is 0 Å².